The van der Waals surface area contributed by atoms with Gasteiger partial charge in [0, 0.05) is 65.9 Å². The fourth-order valence-electron chi connectivity index (χ4n) is 3.90. The maximum absolute atomic E-state index is 13.7. The predicted molar refractivity (Wildman–Crippen MR) is 185 cm³/mol. The van der Waals surface area contributed by atoms with E-state index in [9.17, 15) is 38.4 Å². The van der Waals surface area contributed by atoms with Crippen LogP contribution in [0.25, 0.3) is 0 Å². The van der Waals surface area contributed by atoms with E-state index in [1.807, 2.05) is 0 Å². The molecule has 0 radical (unpaired) electrons. The van der Waals surface area contributed by atoms with E-state index >= 15 is 0 Å². The van der Waals surface area contributed by atoms with Crippen LogP contribution < -0.4 is 10.6 Å². The van der Waals surface area contributed by atoms with Crippen molar-refractivity contribution in [2.24, 2.45) is 11.8 Å². The van der Waals surface area contributed by atoms with Gasteiger partial charge in [0.15, 0.2) is 0 Å². The third kappa shape index (κ3) is 10.3. The molecule has 14 nitrogen and oxygen atoms in total. The first-order chi connectivity index (χ1) is 21.5. The lowest BCUT2D eigenvalue weighted by Crippen LogP contribution is -2.53. The molecule has 2 aliphatic heterocycles. The SMILES string of the molecule is C=C1C(=O)SC[C@@H](C)C(=O)NCC(=O)N(C)[C@H]2CSSC[C@@H](C(=O)N1C)N(C)C(=O)CNC(=O)[C@H](C)CSC(=O)C(=C)N(C)C2=O.[2HH].[2HH]. The van der Waals surface area contributed by atoms with E-state index in [1.54, 1.807) is 13.8 Å². The fourth-order valence-corrected chi connectivity index (χ4v) is 8.15. The molecule has 0 aromatic carbocycles. The molecule has 258 valence electrons. The Balaban J connectivity index is 0.0000110. The van der Waals surface area contributed by atoms with Crippen molar-refractivity contribution in [1.82, 2.24) is 30.2 Å². The lowest BCUT2D eigenvalue weighted by atomic mass is 10.2. The largest absolute Gasteiger partial charge is 0.347 e. The molecule has 2 aliphatic rings. The highest BCUT2D eigenvalue weighted by Gasteiger charge is 2.35. The van der Waals surface area contributed by atoms with Gasteiger partial charge in [0.25, 0.3) is 11.8 Å². The monoisotopic (exact) mass is 722 g/mol. The van der Waals surface area contributed by atoms with E-state index in [-0.39, 0.29) is 37.3 Å². The number of nitrogens with one attached hydrogen (secondary N) is 2. The normalized spacial score (nSPS) is 27.1. The minimum absolute atomic E-state index is 0. The molecule has 0 aromatic rings. The minimum Gasteiger partial charge on any atom is -0.347 e. The molecule has 6 amide bonds. The highest BCUT2D eigenvalue weighted by molar-refractivity contribution is 8.76. The summed E-state index contributed by atoms with van der Waals surface area (Å²) in [5, 5.41) is 3.97. The molecular formula is C28H44N6O8S4. The van der Waals surface area contributed by atoms with Crippen molar-refractivity contribution >= 4 is 90.8 Å². The molecule has 0 saturated carbocycles. The maximum Gasteiger partial charge on any atom is 0.250 e. The summed E-state index contributed by atoms with van der Waals surface area (Å²) in [7, 11) is 7.81. The quantitative estimate of drug-likeness (QED) is 0.263. The summed E-state index contributed by atoms with van der Waals surface area (Å²) in [4.78, 5) is 109. The Kier molecular flexibility index (Phi) is 15.2. The molecule has 0 aromatic heterocycles. The topological polar surface area (TPSA) is 174 Å². The molecule has 2 heterocycles. The zero-order valence-corrected chi connectivity index (χ0v) is 29.9. The van der Waals surface area contributed by atoms with E-state index in [0.29, 0.717) is 0 Å². The van der Waals surface area contributed by atoms with Crippen molar-refractivity contribution in [3.8, 4) is 0 Å². The smallest absolute Gasteiger partial charge is 0.250 e. The molecular weight excluding hydrogens is 677 g/mol. The molecule has 2 fully saturated rings. The summed E-state index contributed by atoms with van der Waals surface area (Å²) in [6, 6.07) is -2.21. The van der Waals surface area contributed by atoms with E-state index in [1.165, 1.54) is 38.0 Å². The number of carbonyl (C=O) groups is 8. The lowest BCUT2D eigenvalue weighted by Gasteiger charge is -2.32. The number of likely N-dealkylation sites (N-methyl/N-ethyl adjacent to an activating group) is 4. The lowest BCUT2D eigenvalue weighted by molar-refractivity contribution is -0.142. The third-order valence-corrected chi connectivity index (χ3v) is 12.1. The van der Waals surface area contributed by atoms with E-state index in [0.717, 1.165) is 54.9 Å². The second kappa shape index (κ2) is 17.8. The molecule has 0 unspecified atom stereocenters. The van der Waals surface area contributed by atoms with Gasteiger partial charge >= 0.3 is 0 Å². The second-order valence-corrected chi connectivity index (χ2v) is 15.3. The molecule has 2 saturated heterocycles. The molecule has 4 atom stereocenters. The number of hydrogen-bond acceptors (Lipinski definition) is 12. The molecule has 2 N–H and O–H groups in total. The van der Waals surface area contributed by atoms with Gasteiger partial charge < -0.3 is 30.2 Å². The van der Waals surface area contributed by atoms with Gasteiger partial charge in [-0.25, -0.2) is 0 Å². The standard InChI is InChI=1S/C28H40N6O8S4.2H2/c1-15-11-43-27(41)17(3)31(5)25(39)20-14-46-45-13-19(33(7)21(35)9-29-23(15)37)26(40)32(6)18(4)28(42)44-12-16(2)24(38)30-10-22(36)34(20)8;;/h15-16,19-20H,3-4,9-14H2,1-2,5-8H3,(H,29,37)(H,30,38);2*1H/t15-,16-,19+,20+;;/m1../s1/i;2*1+1. The van der Waals surface area contributed by atoms with Crippen molar-refractivity contribution < 1.29 is 41.2 Å². The minimum atomic E-state index is -1.11. The molecule has 46 heavy (non-hydrogen) atoms. The number of thioether (sulfide) groups is 2. The summed E-state index contributed by atoms with van der Waals surface area (Å²) < 4.78 is 0. The van der Waals surface area contributed by atoms with Crippen LogP contribution in [-0.2, 0) is 38.4 Å². The first-order valence-corrected chi connectivity index (χ1v) is 18.5. The van der Waals surface area contributed by atoms with Gasteiger partial charge in [0.05, 0.1) is 24.5 Å². The van der Waals surface area contributed by atoms with Crippen LogP contribution in [0, 0.1) is 11.8 Å². The Morgan fingerprint density at radius 2 is 0.935 bits per heavy atom. The van der Waals surface area contributed by atoms with Crippen molar-refractivity contribution in [2.45, 2.75) is 25.9 Å². The summed E-state index contributed by atoms with van der Waals surface area (Å²) in [6.07, 6.45) is 0. The Hall–Kier alpha value is -2.96. The number of rotatable bonds is 0. The van der Waals surface area contributed by atoms with Crippen LogP contribution in [0.4, 0.5) is 0 Å². The second-order valence-electron chi connectivity index (χ2n) is 10.7. The van der Waals surface area contributed by atoms with Crippen LogP contribution in [0.15, 0.2) is 24.6 Å². The van der Waals surface area contributed by atoms with Gasteiger partial charge in [-0.2, -0.15) is 0 Å². The summed E-state index contributed by atoms with van der Waals surface area (Å²) in [6.45, 7) is 9.81. The maximum atomic E-state index is 13.7. The number of amides is 6. The zero-order valence-electron chi connectivity index (χ0n) is 26.7. The Bertz CT molecular complexity index is 1210. The molecule has 2 rings (SSSR count). The highest BCUT2D eigenvalue weighted by Crippen LogP contribution is 2.28. The van der Waals surface area contributed by atoms with Gasteiger partial charge in [-0.3, -0.25) is 38.4 Å². The fraction of sp³-hybridized carbons (Fsp3) is 0.571. The Morgan fingerprint density at radius 1 is 0.609 bits per heavy atom. The van der Waals surface area contributed by atoms with Gasteiger partial charge in [-0.15, -0.1) is 0 Å². The average molecular weight is 723 g/mol. The number of fused-ring (bicyclic) bond motifs is 5. The van der Waals surface area contributed by atoms with E-state index in [4.69, 9.17) is 0 Å². The van der Waals surface area contributed by atoms with Crippen LogP contribution in [0.2, 0.25) is 0 Å². The van der Waals surface area contributed by atoms with Gasteiger partial charge in [0.1, 0.15) is 12.1 Å². The van der Waals surface area contributed by atoms with Crippen LogP contribution in [0.5, 0.6) is 0 Å². The summed E-state index contributed by atoms with van der Waals surface area (Å²) >= 11 is 1.56. The van der Waals surface area contributed by atoms with Gasteiger partial charge in [-0.1, -0.05) is 72.1 Å². The van der Waals surface area contributed by atoms with Gasteiger partial charge in [0.2, 0.25) is 33.9 Å². The first kappa shape index (κ1) is 39.2. The molecule has 18 heteroatoms. The number of hydrogen-bond donors (Lipinski definition) is 2. The number of carbonyl (C=O) groups excluding carboxylic acids is 8. The summed E-state index contributed by atoms with van der Waals surface area (Å²) in [5.74, 6) is -4.70. The Labute approximate surface area is 287 Å². The predicted octanol–water partition coefficient (Wildman–Crippen LogP) is 0.509. The van der Waals surface area contributed by atoms with Crippen LogP contribution in [-0.4, -0.2) is 142 Å². The van der Waals surface area contributed by atoms with Crippen molar-refractivity contribution in [1.29, 1.82) is 0 Å². The van der Waals surface area contributed by atoms with Gasteiger partial charge in [-0.05, 0) is 0 Å². The van der Waals surface area contributed by atoms with Crippen LogP contribution in [0.3, 0.4) is 0 Å². The van der Waals surface area contributed by atoms with E-state index in [2.05, 4.69) is 23.8 Å². The first-order valence-electron chi connectivity index (χ1n) is 14.1. The van der Waals surface area contributed by atoms with Crippen molar-refractivity contribution in [2.75, 3.05) is 64.3 Å². The molecule has 0 aliphatic carbocycles. The molecule has 2 bridgehead atoms. The Morgan fingerprint density at radius 3 is 1.26 bits per heavy atom. The van der Waals surface area contributed by atoms with Crippen LogP contribution >= 0.6 is 45.1 Å². The zero-order chi connectivity index (χ0) is 34.9. The number of nitrogens with zero attached hydrogens (tertiary/aromatic N) is 4. The van der Waals surface area contributed by atoms with Crippen molar-refractivity contribution in [3.05, 3.63) is 24.6 Å². The van der Waals surface area contributed by atoms with E-state index < -0.39 is 82.7 Å². The average Bonchev–Trinajstić information content (AvgIpc) is 3.04. The van der Waals surface area contributed by atoms with Crippen molar-refractivity contribution in [3.63, 3.8) is 0 Å². The summed E-state index contributed by atoms with van der Waals surface area (Å²) in [5.41, 5.74) is -0.303. The highest BCUT2D eigenvalue weighted by atomic mass is 33.1. The van der Waals surface area contributed by atoms with Crippen LogP contribution in [0.1, 0.15) is 16.7 Å². The third-order valence-electron chi connectivity index (χ3n) is 7.42. The molecule has 0 spiro atoms.